The summed E-state index contributed by atoms with van der Waals surface area (Å²) in [5.74, 6) is -0.257. The van der Waals surface area contributed by atoms with E-state index in [4.69, 9.17) is 0 Å². The van der Waals surface area contributed by atoms with Gasteiger partial charge in [0.25, 0.3) is 5.91 Å². The number of likely N-dealkylation sites (N-methyl/N-ethyl adjacent to an activating group) is 1. The average Bonchev–Trinajstić information content (AvgIpc) is 3.01. The van der Waals surface area contributed by atoms with E-state index in [1.807, 2.05) is 19.9 Å². The Bertz CT molecular complexity index is 995. The number of nitrogens with one attached hydrogen (secondary N) is 2. The molecule has 0 unspecified atom stereocenters. The molecular formula is C23H27F3N4O. The lowest BCUT2D eigenvalue weighted by molar-refractivity contribution is -0.137. The van der Waals surface area contributed by atoms with Crippen molar-refractivity contribution >= 4 is 17.6 Å². The number of carbonyl (C=O) groups excluding carboxylic acids is 1. The number of rotatable bonds is 8. The topological polar surface area (TPSA) is 71.9 Å². The van der Waals surface area contributed by atoms with Crippen LogP contribution in [-0.2, 0) is 6.18 Å². The van der Waals surface area contributed by atoms with E-state index in [9.17, 15) is 23.2 Å². The number of benzene rings is 1. The fourth-order valence-electron chi connectivity index (χ4n) is 3.49. The zero-order valence-electron chi connectivity index (χ0n) is 18.2. The van der Waals surface area contributed by atoms with Gasteiger partial charge in [0.05, 0.1) is 22.8 Å². The normalized spacial score (nSPS) is 12.2. The van der Waals surface area contributed by atoms with Gasteiger partial charge in [0.15, 0.2) is 0 Å². The molecule has 0 bridgehead atoms. The molecule has 8 heteroatoms. The molecule has 31 heavy (non-hydrogen) atoms. The van der Waals surface area contributed by atoms with Gasteiger partial charge in [-0.05, 0) is 44.6 Å². The van der Waals surface area contributed by atoms with Gasteiger partial charge >= 0.3 is 6.18 Å². The second-order valence-corrected chi connectivity index (χ2v) is 7.16. The Morgan fingerprint density at radius 2 is 1.87 bits per heavy atom. The van der Waals surface area contributed by atoms with Crippen molar-refractivity contribution in [3.05, 3.63) is 57.9 Å². The summed E-state index contributed by atoms with van der Waals surface area (Å²) in [4.78, 5) is 17.9. The van der Waals surface area contributed by atoms with Crippen molar-refractivity contribution < 1.29 is 18.0 Å². The number of hydrogen-bond donors (Lipinski definition) is 2. The SMILES string of the molecule is CCN(CC)CCNC(=O)c1c(C)[nH]c(/C=C(\C#N)c2ccccc2C(F)(F)F)c1C. The minimum atomic E-state index is -4.58. The molecule has 2 rings (SSSR count). The van der Waals surface area contributed by atoms with Crippen LogP contribution in [0.5, 0.6) is 0 Å². The smallest absolute Gasteiger partial charge is 0.358 e. The van der Waals surface area contributed by atoms with E-state index in [2.05, 4.69) is 15.2 Å². The molecule has 2 aromatic rings. The Morgan fingerprint density at radius 1 is 1.23 bits per heavy atom. The summed E-state index contributed by atoms with van der Waals surface area (Å²) in [7, 11) is 0. The summed E-state index contributed by atoms with van der Waals surface area (Å²) in [6.45, 7) is 10.5. The highest BCUT2D eigenvalue weighted by Gasteiger charge is 2.34. The third-order valence-electron chi connectivity index (χ3n) is 5.24. The molecule has 1 aromatic heterocycles. The number of halogens is 3. The number of carbonyl (C=O) groups is 1. The number of aromatic amines is 1. The van der Waals surface area contributed by atoms with Gasteiger partial charge in [0.2, 0.25) is 0 Å². The standard InChI is InChI=1S/C23H27F3N4O/c1-5-30(6-2)12-11-28-22(31)21-15(3)20(29-16(21)4)13-17(14-27)18-9-7-8-10-19(18)23(24,25)26/h7-10,13,29H,5-6,11-12H2,1-4H3,(H,28,31)/b17-13+. The van der Waals surface area contributed by atoms with Gasteiger partial charge in [0, 0.05) is 30.0 Å². The first kappa shape index (κ1) is 24.2. The van der Waals surface area contributed by atoms with Crippen LogP contribution in [0.1, 0.15) is 52.3 Å². The predicted octanol–water partition coefficient (Wildman–Crippen LogP) is 4.79. The minimum Gasteiger partial charge on any atom is -0.358 e. The third kappa shape index (κ3) is 5.76. The van der Waals surface area contributed by atoms with Crippen molar-refractivity contribution in [3.8, 4) is 6.07 Å². The minimum absolute atomic E-state index is 0.134. The lowest BCUT2D eigenvalue weighted by Crippen LogP contribution is -2.35. The summed E-state index contributed by atoms with van der Waals surface area (Å²) in [5.41, 5.74) is 0.825. The molecule has 0 aliphatic heterocycles. The van der Waals surface area contributed by atoms with Crippen molar-refractivity contribution in [2.24, 2.45) is 0 Å². The number of amides is 1. The van der Waals surface area contributed by atoms with Crippen molar-refractivity contribution in [1.29, 1.82) is 5.26 Å². The number of H-pyrrole nitrogens is 1. The Morgan fingerprint density at radius 3 is 2.45 bits per heavy atom. The number of alkyl halides is 3. The Labute approximate surface area is 180 Å². The average molecular weight is 432 g/mol. The van der Waals surface area contributed by atoms with Crippen LogP contribution in [0.4, 0.5) is 13.2 Å². The highest BCUT2D eigenvalue weighted by molar-refractivity contribution is 5.99. The first-order chi connectivity index (χ1) is 14.6. The Hall–Kier alpha value is -3.05. The Kier molecular flexibility index (Phi) is 8.06. The molecule has 0 aliphatic rings. The van der Waals surface area contributed by atoms with Crippen molar-refractivity contribution in [2.75, 3.05) is 26.2 Å². The maximum Gasteiger partial charge on any atom is 0.417 e. The number of aryl methyl sites for hydroxylation is 1. The van der Waals surface area contributed by atoms with Crippen LogP contribution in [-0.4, -0.2) is 42.0 Å². The van der Waals surface area contributed by atoms with Crippen molar-refractivity contribution in [3.63, 3.8) is 0 Å². The predicted molar refractivity (Wildman–Crippen MR) is 115 cm³/mol. The molecule has 0 atom stereocenters. The zero-order valence-corrected chi connectivity index (χ0v) is 18.2. The van der Waals surface area contributed by atoms with Crippen LogP contribution in [0.3, 0.4) is 0 Å². The molecule has 1 heterocycles. The lowest BCUT2D eigenvalue weighted by atomic mass is 9.98. The molecule has 0 fully saturated rings. The fourth-order valence-corrected chi connectivity index (χ4v) is 3.49. The molecular weight excluding hydrogens is 405 g/mol. The Balaban J connectivity index is 2.34. The maximum absolute atomic E-state index is 13.4. The van der Waals surface area contributed by atoms with Gasteiger partial charge in [-0.15, -0.1) is 0 Å². The molecule has 0 aliphatic carbocycles. The first-order valence-corrected chi connectivity index (χ1v) is 10.1. The fraction of sp³-hybridized carbons (Fsp3) is 0.391. The molecule has 5 nitrogen and oxygen atoms in total. The zero-order chi connectivity index (χ0) is 23.2. The van der Waals surface area contributed by atoms with Crippen molar-refractivity contribution in [2.45, 2.75) is 33.9 Å². The molecule has 2 N–H and O–H groups in total. The summed E-state index contributed by atoms with van der Waals surface area (Å²) in [6, 6.07) is 6.81. The second kappa shape index (κ2) is 10.3. The van der Waals surface area contributed by atoms with E-state index < -0.39 is 11.7 Å². The van der Waals surface area contributed by atoms with Gasteiger partial charge < -0.3 is 15.2 Å². The van der Waals surface area contributed by atoms with E-state index in [0.717, 1.165) is 25.7 Å². The van der Waals surface area contributed by atoms with E-state index in [-0.39, 0.29) is 17.0 Å². The van der Waals surface area contributed by atoms with Crippen LogP contribution in [0.2, 0.25) is 0 Å². The molecule has 1 aromatic carbocycles. The summed E-state index contributed by atoms with van der Waals surface area (Å²) < 4.78 is 40.1. The largest absolute Gasteiger partial charge is 0.417 e. The highest BCUT2D eigenvalue weighted by Crippen LogP contribution is 2.35. The molecule has 0 saturated carbocycles. The number of nitriles is 1. The number of hydrogen-bond acceptors (Lipinski definition) is 3. The van der Waals surface area contributed by atoms with E-state index >= 15 is 0 Å². The third-order valence-corrected chi connectivity index (χ3v) is 5.24. The van der Waals surface area contributed by atoms with Gasteiger partial charge in [-0.3, -0.25) is 4.79 Å². The van der Waals surface area contributed by atoms with E-state index in [1.165, 1.54) is 24.3 Å². The van der Waals surface area contributed by atoms with Gasteiger partial charge in [0.1, 0.15) is 0 Å². The van der Waals surface area contributed by atoms with Gasteiger partial charge in [-0.25, -0.2) is 0 Å². The van der Waals surface area contributed by atoms with Crippen LogP contribution < -0.4 is 5.32 Å². The maximum atomic E-state index is 13.4. The van der Waals surface area contributed by atoms with Crippen LogP contribution in [0.25, 0.3) is 11.6 Å². The molecule has 0 spiro atoms. The number of nitrogens with zero attached hydrogens (tertiary/aromatic N) is 2. The quantitative estimate of drug-likeness (QED) is 0.590. The van der Waals surface area contributed by atoms with E-state index in [1.54, 1.807) is 13.8 Å². The highest BCUT2D eigenvalue weighted by atomic mass is 19.4. The van der Waals surface area contributed by atoms with Crippen LogP contribution in [0.15, 0.2) is 24.3 Å². The van der Waals surface area contributed by atoms with Crippen LogP contribution >= 0.6 is 0 Å². The summed E-state index contributed by atoms with van der Waals surface area (Å²) >= 11 is 0. The van der Waals surface area contributed by atoms with Gasteiger partial charge in [-0.2, -0.15) is 18.4 Å². The molecule has 0 radical (unpaired) electrons. The van der Waals surface area contributed by atoms with Crippen molar-refractivity contribution in [1.82, 2.24) is 15.2 Å². The molecule has 1 amide bonds. The first-order valence-electron chi connectivity index (χ1n) is 10.1. The second-order valence-electron chi connectivity index (χ2n) is 7.16. The van der Waals surface area contributed by atoms with Gasteiger partial charge in [-0.1, -0.05) is 32.0 Å². The molecule has 0 saturated heterocycles. The van der Waals surface area contributed by atoms with Crippen LogP contribution in [0, 0.1) is 25.2 Å². The monoisotopic (exact) mass is 432 g/mol. The van der Waals surface area contributed by atoms with E-state index in [0.29, 0.717) is 29.1 Å². The number of aromatic nitrogens is 1. The summed E-state index contributed by atoms with van der Waals surface area (Å²) in [6.07, 6.45) is -3.22. The summed E-state index contributed by atoms with van der Waals surface area (Å²) in [5, 5.41) is 12.4. The number of allylic oxidation sites excluding steroid dienone is 1. The lowest BCUT2D eigenvalue weighted by Gasteiger charge is -2.18. The molecule has 166 valence electrons.